The number of aromatic carboxylic acids is 1. The van der Waals surface area contributed by atoms with Gasteiger partial charge in [0, 0.05) is 16.5 Å². The molecule has 0 fully saturated rings. The number of nitrogens with one attached hydrogen (secondary N) is 1. The number of rotatable bonds is 5. The van der Waals surface area contributed by atoms with E-state index in [1.807, 2.05) is 30.3 Å². The number of benzene rings is 2. The number of hydrogen-bond acceptors (Lipinski definition) is 6. The zero-order chi connectivity index (χ0) is 20.5. The third-order valence-electron chi connectivity index (χ3n) is 4.50. The minimum Gasteiger partial charge on any atom is -0.496 e. The Labute approximate surface area is 175 Å². The fourth-order valence-corrected chi connectivity index (χ4v) is 4.43. The van der Waals surface area contributed by atoms with E-state index in [0.717, 1.165) is 26.2 Å². The summed E-state index contributed by atoms with van der Waals surface area (Å²) in [6, 6.07) is 13.0. The smallest absolute Gasteiger partial charge is 0.339 e. The van der Waals surface area contributed by atoms with Gasteiger partial charge in [-0.25, -0.2) is 14.8 Å². The molecule has 0 atom stereocenters. The van der Waals surface area contributed by atoms with Crippen LogP contribution in [-0.4, -0.2) is 28.2 Å². The van der Waals surface area contributed by atoms with E-state index in [0.29, 0.717) is 11.5 Å². The fraction of sp³-hybridized carbons (Fsp3) is 0.0952. The molecule has 0 amide bonds. The van der Waals surface area contributed by atoms with E-state index in [4.69, 9.17) is 16.3 Å². The minimum absolute atomic E-state index is 0.00719. The lowest BCUT2D eigenvalue weighted by Crippen LogP contribution is -2.03. The summed E-state index contributed by atoms with van der Waals surface area (Å²) in [6.07, 6.45) is 1.49. The van der Waals surface area contributed by atoms with Crippen molar-refractivity contribution in [3.8, 4) is 16.9 Å². The quantitative estimate of drug-likeness (QED) is 0.422. The minimum atomic E-state index is -1.11. The monoisotopic (exact) mass is 425 g/mol. The van der Waals surface area contributed by atoms with Crippen molar-refractivity contribution >= 4 is 50.6 Å². The third kappa shape index (κ3) is 3.50. The molecular weight excluding hydrogens is 410 g/mol. The van der Waals surface area contributed by atoms with Gasteiger partial charge >= 0.3 is 5.97 Å². The Balaban J connectivity index is 1.87. The summed E-state index contributed by atoms with van der Waals surface area (Å²) in [7, 11) is 1.41. The van der Waals surface area contributed by atoms with Crippen LogP contribution >= 0.6 is 22.9 Å². The Morgan fingerprint density at radius 3 is 2.66 bits per heavy atom. The normalized spacial score (nSPS) is 10.9. The van der Waals surface area contributed by atoms with Crippen molar-refractivity contribution in [1.29, 1.82) is 0 Å². The third-order valence-corrected chi connectivity index (χ3v) is 5.83. The van der Waals surface area contributed by atoms with Gasteiger partial charge in [0.25, 0.3) is 0 Å². The molecule has 0 aliphatic carbocycles. The van der Waals surface area contributed by atoms with Gasteiger partial charge < -0.3 is 15.2 Å². The second-order valence-electron chi connectivity index (χ2n) is 6.26. The molecule has 0 saturated heterocycles. The summed E-state index contributed by atoms with van der Waals surface area (Å²) in [6.45, 7) is 2.05. The molecule has 0 bridgehead atoms. The van der Waals surface area contributed by atoms with Crippen LogP contribution in [0, 0.1) is 6.92 Å². The van der Waals surface area contributed by atoms with Gasteiger partial charge in [0.2, 0.25) is 0 Å². The number of thiophene rings is 1. The molecule has 6 nitrogen and oxygen atoms in total. The van der Waals surface area contributed by atoms with Crippen LogP contribution < -0.4 is 10.1 Å². The lowest BCUT2D eigenvalue weighted by atomic mass is 10.0. The molecular formula is C21H16ClN3O3S. The fourth-order valence-electron chi connectivity index (χ4n) is 3.20. The second-order valence-corrected chi connectivity index (χ2v) is 7.87. The average Bonchev–Trinajstić information content (AvgIpc) is 3.06. The van der Waals surface area contributed by atoms with Crippen LogP contribution in [0.1, 0.15) is 15.2 Å². The number of aromatic nitrogens is 2. The maximum atomic E-state index is 11.4. The van der Waals surface area contributed by atoms with E-state index in [1.54, 1.807) is 17.4 Å². The van der Waals surface area contributed by atoms with Gasteiger partial charge in [-0.15, -0.1) is 11.3 Å². The van der Waals surface area contributed by atoms with Crippen molar-refractivity contribution in [1.82, 2.24) is 9.97 Å². The van der Waals surface area contributed by atoms with Gasteiger partial charge in [0.05, 0.1) is 23.2 Å². The van der Waals surface area contributed by atoms with Crippen LogP contribution in [-0.2, 0) is 0 Å². The highest BCUT2D eigenvalue weighted by atomic mass is 35.5. The average molecular weight is 426 g/mol. The lowest BCUT2D eigenvalue weighted by molar-refractivity contribution is 0.0693. The van der Waals surface area contributed by atoms with Gasteiger partial charge in [-0.2, -0.15) is 0 Å². The number of nitrogens with zero attached hydrogens (tertiary/aromatic N) is 2. The van der Waals surface area contributed by atoms with Crippen LogP contribution in [0.2, 0.25) is 5.02 Å². The van der Waals surface area contributed by atoms with Crippen LogP contribution in [0.3, 0.4) is 0 Å². The number of ether oxygens (including phenoxy) is 1. The largest absolute Gasteiger partial charge is 0.496 e. The van der Waals surface area contributed by atoms with Crippen molar-refractivity contribution in [3.63, 3.8) is 0 Å². The highest BCUT2D eigenvalue weighted by Crippen LogP contribution is 2.42. The molecule has 0 spiro atoms. The molecule has 0 radical (unpaired) electrons. The van der Waals surface area contributed by atoms with Gasteiger partial charge in [-0.1, -0.05) is 41.9 Å². The first-order chi connectivity index (χ1) is 14.0. The Kier molecular flexibility index (Phi) is 5.08. The number of methoxy groups -OCH3 is 1. The van der Waals surface area contributed by atoms with E-state index >= 15 is 0 Å². The van der Waals surface area contributed by atoms with E-state index in [9.17, 15) is 9.90 Å². The van der Waals surface area contributed by atoms with Crippen molar-refractivity contribution in [2.45, 2.75) is 6.92 Å². The predicted molar refractivity (Wildman–Crippen MR) is 116 cm³/mol. The Morgan fingerprint density at radius 2 is 1.97 bits per heavy atom. The SMILES string of the molecule is COc1cc(Nc2ncnc3sc(C)c(-c4ccccc4)c23)c(Cl)cc1C(=O)O. The number of carboxylic acid groups (broad SMARTS) is 1. The number of halogens is 1. The van der Waals surface area contributed by atoms with Crippen molar-refractivity contribution in [3.05, 3.63) is 64.3 Å². The molecule has 29 heavy (non-hydrogen) atoms. The molecule has 0 aliphatic heterocycles. The lowest BCUT2D eigenvalue weighted by Gasteiger charge is -2.13. The van der Waals surface area contributed by atoms with Gasteiger partial charge in [0.1, 0.15) is 28.3 Å². The first-order valence-corrected chi connectivity index (χ1v) is 9.86. The molecule has 0 aliphatic rings. The maximum absolute atomic E-state index is 11.4. The summed E-state index contributed by atoms with van der Waals surface area (Å²) < 4.78 is 5.21. The Morgan fingerprint density at radius 1 is 1.21 bits per heavy atom. The molecule has 146 valence electrons. The van der Waals surface area contributed by atoms with Crippen LogP contribution in [0.5, 0.6) is 5.75 Å². The second kappa shape index (κ2) is 7.69. The first-order valence-electron chi connectivity index (χ1n) is 8.67. The molecule has 0 unspecified atom stereocenters. The zero-order valence-electron chi connectivity index (χ0n) is 15.6. The van der Waals surface area contributed by atoms with Crippen LogP contribution in [0.4, 0.5) is 11.5 Å². The highest BCUT2D eigenvalue weighted by molar-refractivity contribution is 7.19. The van der Waals surface area contributed by atoms with E-state index in [1.165, 1.54) is 19.5 Å². The number of carbonyl (C=O) groups is 1. The summed E-state index contributed by atoms with van der Waals surface area (Å²) in [5.74, 6) is -0.315. The highest BCUT2D eigenvalue weighted by Gasteiger charge is 2.19. The number of hydrogen-bond donors (Lipinski definition) is 2. The Hall–Kier alpha value is -3.16. The van der Waals surface area contributed by atoms with Gasteiger partial charge in [-0.05, 0) is 18.6 Å². The predicted octanol–water partition coefficient (Wildman–Crippen LogP) is 5.77. The van der Waals surface area contributed by atoms with Gasteiger partial charge in [-0.3, -0.25) is 0 Å². The van der Waals surface area contributed by atoms with E-state index in [2.05, 4.69) is 22.2 Å². The number of fused-ring (bicyclic) bond motifs is 1. The molecule has 2 N–H and O–H groups in total. The molecule has 2 aromatic carbocycles. The van der Waals surface area contributed by atoms with E-state index in [-0.39, 0.29) is 16.3 Å². The number of anilines is 2. The standard InChI is InChI=1S/C21H16ClN3O3S/c1-11-17(12-6-4-3-5-7-12)18-19(23-10-24-20(18)29-11)25-15-9-16(28-2)13(21(26)27)8-14(15)22/h3-10H,1-2H3,(H,26,27)(H,23,24,25). The summed E-state index contributed by atoms with van der Waals surface area (Å²) in [5, 5.41) is 13.7. The summed E-state index contributed by atoms with van der Waals surface area (Å²) >= 11 is 7.93. The number of aryl methyl sites for hydroxylation is 1. The summed E-state index contributed by atoms with van der Waals surface area (Å²) in [5.41, 5.74) is 2.61. The molecule has 0 saturated carbocycles. The van der Waals surface area contributed by atoms with Crippen LogP contribution in [0.15, 0.2) is 48.8 Å². The summed E-state index contributed by atoms with van der Waals surface area (Å²) in [4.78, 5) is 22.2. The van der Waals surface area contributed by atoms with Crippen LogP contribution in [0.25, 0.3) is 21.3 Å². The molecule has 2 aromatic heterocycles. The molecule has 4 rings (SSSR count). The first kappa shape index (κ1) is 19.2. The molecule has 8 heteroatoms. The number of carboxylic acids is 1. The molecule has 2 heterocycles. The Bertz CT molecular complexity index is 1230. The maximum Gasteiger partial charge on any atom is 0.339 e. The zero-order valence-corrected chi connectivity index (χ0v) is 17.1. The van der Waals surface area contributed by atoms with Gasteiger partial charge in [0.15, 0.2) is 0 Å². The van der Waals surface area contributed by atoms with Crippen molar-refractivity contribution in [2.24, 2.45) is 0 Å². The van der Waals surface area contributed by atoms with Crippen molar-refractivity contribution in [2.75, 3.05) is 12.4 Å². The van der Waals surface area contributed by atoms with E-state index < -0.39 is 5.97 Å². The van der Waals surface area contributed by atoms with Crippen molar-refractivity contribution < 1.29 is 14.6 Å². The topological polar surface area (TPSA) is 84.3 Å². The molecule has 4 aromatic rings.